The van der Waals surface area contributed by atoms with Gasteiger partial charge in [-0.1, -0.05) is 29.8 Å². The number of thiophene rings is 1. The predicted molar refractivity (Wildman–Crippen MR) is 89.7 cm³/mol. The van der Waals surface area contributed by atoms with Gasteiger partial charge in [-0.15, -0.1) is 11.3 Å². The maximum absolute atomic E-state index is 12.3. The van der Waals surface area contributed by atoms with Crippen LogP contribution in [0.1, 0.15) is 41.8 Å². The molecule has 21 heavy (non-hydrogen) atoms. The van der Waals surface area contributed by atoms with Gasteiger partial charge in [0.15, 0.2) is 0 Å². The lowest BCUT2D eigenvalue weighted by Crippen LogP contribution is -2.24. The van der Waals surface area contributed by atoms with E-state index >= 15 is 0 Å². The van der Waals surface area contributed by atoms with E-state index in [4.69, 9.17) is 5.73 Å². The van der Waals surface area contributed by atoms with E-state index in [0.29, 0.717) is 17.1 Å². The zero-order chi connectivity index (χ0) is 14.7. The summed E-state index contributed by atoms with van der Waals surface area (Å²) >= 11 is 1.47. The number of carbonyl (C=O) groups excluding carboxylic acids is 1. The molecule has 2 aromatic rings. The van der Waals surface area contributed by atoms with Crippen molar-refractivity contribution in [3.05, 3.63) is 40.8 Å². The number of fused-ring (bicyclic) bond motifs is 1. The quantitative estimate of drug-likeness (QED) is 0.835. The van der Waals surface area contributed by atoms with Gasteiger partial charge in [0, 0.05) is 16.6 Å². The third-order valence-electron chi connectivity index (χ3n) is 3.96. The van der Waals surface area contributed by atoms with Crippen LogP contribution in [0.15, 0.2) is 35.9 Å². The minimum Gasteiger partial charge on any atom is -0.397 e. The second kappa shape index (κ2) is 6.31. The topological polar surface area (TPSA) is 55.1 Å². The van der Waals surface area contributed by atoms with Crippen molar-refractivity contribution in [2.24, 2.45) is 0 Å². The van der Waals surface area contributed by atoms with Gasteiger partial charge in [0.05, 0.1) is 5.69 Å². The predicted octanol–water partition coefficient (Wildman–Crippen LogP) is 4.10. The Bertz CT molecular complexity index is 687. The van der Waals surface area contributed by atoms with Crippen LogP contribution in [0.2, 0.25) is 0 Å². The first kappa shape index (κ1) is 14.1. The Morgan fingerprint density at radius 3 is 2.90 bits per heavy atom. The van der Waals surface area contributed by atoms with Gasteiger partial charge in [-0.3, -0.25) is 4.79 Å². The molecule has 1 amide bonds. The van der Waals surface area contributed by atoms with E-state index in [2.05, 4.69) is 11.4 Å². The second-order valence-electron chi connectivity index (χ2n) is 5.46. The van der Waals surface area contributed by atoms with E-state index < -0.39 is 0 Å². The Hall–Kier alpha value is -1.81. The number of nitrogens with one attached hydrogen (secondary N) is 1. The number of hydrogen-bond donors (Lipinski definition) is 2. The molecule has 0 saturated heterocycles. The van der Waals surface area contributed by atoms with Gasteiger partial charge in [-0.2, -0.15) is 0 Å². The van der Waals surface area contributed by atoms with Crippen LogP contribution in [0.5, 0.6) is 0 Å². The molecule has 1 heterocycles. The van der Waals surface area contributed by atoms with Crippen LogP contribution >= 0.6 is 11.3 Å². The second-order valence-corrected chi connectivity index (χ2v) is 6.51. The summed E-state index contributed by atoms with van der Waals surface area (Å²) in [7, 11) is 0. The molecule has 0 spiro atoms. The Morgan fingerprint density at radius 2 is 2.14 bits per heavy atom. The Balaban J connectivity index is 1.64. The molecular weight excluding hydrogens is 280 g/mol. The minimum atomic E-state index is -0.0508. The fourth-order valence-corrected chi connectivity index (χ4v) is 3.82. The van der Waals surface area contributed by atoms with Crippen LogP contribution in [-0.2, 0) is 0 Å². The maximum Gasteiger partial charge on any atom is 0.263 e. The highest BCUT2D eigenvalue weighted by Crippen LogP contribution is 2.33. The van der Waals surface area contributed by atoms with Crippen LogP contribution in [-0.4, -0.2) is 12.5 Å². The lowest BCUT2D eigenvalue weighted by Gasteiger charge is -2.12. The number of amides is 1. The SMILES string of the molecule is Nc1c(C(=O)NCCC2=CCCCC2)sc2ccccc12. The van der Waals surface area contributed by atoms with E-state index in [0.717, 1.165) is 16.5 Å². The number of rotatable bonds is 4. The van der Waals surface area contributed by atoms with Gasteiger partial charge < -0.3 is 11.1 Å². The average Bonchev–Trinajstić information content (AvgIpc) is 2.86. The first-order valence-corrected chi connectivity index (χ1v) is 8.30. The molecule has 3 N–H and O–H groups in total. The summed E-state index contributed by atoms with van der Waals surface area (Å²) in [6.45, 7) is 0.693. The van der Waals surface area contributed by atoms with Crippen molar-refractivity contribution < 1.29 is 4.79 Å². The fourth-order valence-electron chi connectivity index (χ4n) is 2.78. The van der Waals surface area contributed by atoms with Gasteiger partial charge >= 0.3 is 0 Å². The third-order valence-corrected chi connectivity index (χ3v) is 5.14. The monoisotopic (exact) mass is 300 g/mol. The van der Waals surface area contributed by atoms with E-state index in [1.54, 1.807) is 0 Å². The van der Waals surface area contributed by atoms with E-state index in [1.807, 2.05) is 24.3 Å². The summed E-state index contributed by atoms with van der Waals surface area (Å²) < 4.78 is 1.06. The van der Waals surface area contributed by atoms with Gasteiger partial charge in [-0.25, -0.2) is 0 Å². The molecule has 3 rings (SSSR count). The number of nitrogens with two attached hydrogens (primary N) is 1. The Morgan fingerprint density at radius 1 is 1.29 bits per heavy atom. The highest BCUT2D eigenvalue weighted by Gasteiger charge is 2.15. The zero-order valence-electron chi connectivity index (χ0n) is 12.0. The molecule has 0 saturated carbocycles. The van der Waals surface area contributed by atoms with Gasteiger partial charge in [-0.05, 0) is 38.2 Å². The van der Waals surface area contributed by atoms with E-state index in [9.17, 15) is 4.79 Å². The molecule has 0 bridgehead atoms. The molecule has 4 heteroatoms. The van der Waals surface area contributed by atoms with Crippen molar-refractivity contribution in [2.75, 3.05) is 12.3 Å². The van der Waals surface area contributed by atoms with Crippen LogP contribution in [0.3, 0.4) is 0 Å². The molecule has 0 fully saturated rings. The fraction of sp³-hybridized carbons (Fsp3) is 0.353. The average molecular weight is 300 g/mol. The van der Waals surface area contributed by atoms with Gasteiger partial charge in [0.1, 0.15) is 4.88 Å². The van der Waals surface area contributed by atoms with Crippen LogP contribution in [0.4, 0.5) is 5.69 Å². The summed E-state index contributed by atoms with van der Waals surface area (Å²) in [6, 6.07) is 7.88. The number of nitrogen functional groups attached to an aromatic ring is 1. The van der Waals surface area contributed by atoms with E-state index in [-0.39, 0.29) is 5.91 Å². The lowest BCUT2D eigenvalue weighted by molar-refractivity contribution is 0.0959. The molecule has 1 aliphatic rings. The van der Waals surface area contributed by atoms with Crippen molar-refractivity contribution in [3.63, 3.8) is 0 Å². The molecule has 0 aliphatic heterocycles. The molecule has 110 valence electrons. The molecule has 0 atom stereocenters. The first-order chi connectivity index (χ1) is 10.3. The molecule has 1 aromatic carbocycles. The standard InChI is InChI=1S/C17H20N2OS/c18-15-13-8-4-5-9-14(13)21-16(15)17(20)19-11-10-12-6-2-1-3-7-12/h4-6,8-9H,1-3,7,10-11,18H2,(H,19,20). The minimum absolute atomic E-state index is 0.0508. The smallest absolute Gasteiger partial charge is 0.263 e. The number of benzene rings is 1. The summed E-state index contributed by atoms with van der Waals surface area (Å²) in [5.41, 5.74) is 8.17. The first-order valence-electron chi connectivity index (χ1n) is 7.49. The van der Waals surface area contributed by atoms with Gasteiger partial charge in [0.25, 0.3) is 5.91 Å². The molecule has 0 radical (unpaired) electrons. The molecule has 3 nitrogen and oxygen atoms in total. The van der Waals surface area contributed by atoms with Crippen LogP contribution in [0, 0.1) is 0 Å². The zero-order valence-corrected chi connectivity index (χ0v) is 12.8. The lowest BCUT2D eigenvalue weighted by atomic mass is 9.97. The van der Waals surface area contributed by atoms with Crippen molar-refractivity contribution in [1.29, 1.82) is 0 Å². The number of carbonyl (C=O) groups is 1. The Labute approximate surface area is 128 Å². The molecule has 1 aromatic heterocycles. The summed E-state index contributed by atoms with van der Waals surface area (Å²) in [4.78, 5) is 12.9. The van der Waals surface area contributed by atoms with Crippen molar-refractivity contribution in [1.82, 2.24) is 5.32 Å². The largest absolute Gasteiger partial charge is 0.397 e. The van der Waals surface area contributed by atoms with Crippen molar-refractivity contribution >= 4 is 33.0 Å². The highest BCUT2D eigenvalue weighted by molar-refractivity contribution is 7.21. The number of hydrogen-bond acceptors (Lipinski definition) is 3. The summed E-state index contributed by atoms with van der Waals surface area (Å²) in [5, 5.41) is 3.97. The van der Waals surface area contributed by atoms with Crippen LogP contribution in [0.25, 0.3) is 10.1 Å². The molecule has 1 aliphatic carbocycles. The van der Waals surface area contributed by atoms with E-state index in [1.165, 1.54) is 42.6 Å². The third kappa shape index (κ3) is 3.10. The van der Waals surface area contributed by atoms with Gasteiger partial charge in [0.2, 0.25) is 0 Å². The van der Waals surface area contributed by atoms with Crippen molar-refractivity contribution in [2.45, 2.75) is 32.1 Å². The Kier molecular flexibility index (Phi) is 4.25. The van der Waals surface area contributed by atoms with Crippen molar-refractivity contribution in [3.8, 4) is 0 Å². The van der Waals surface area contributed by atoms with Crippen LogP contribution < -0.4 is 11.1 Å². The number of allylic oxidation sites excluding steroid dienone is 1. The maximum atomic E-state index is 12.3. The molecular formula is C17H20N2OS. The summed E-state index contributed by atoms with van der Waals surface area (Å²) in [6.07, 6.45) is 8.23. The highest BCUT2D eigenvalue weighted by atomic mass is 32.1. The normalized spacial score (nSPS) is 15.0. The molecule has 0 unspecified atom stereocenters. The summed E-state index contributed by atoms with van der Waals surface area (Å²) in [5.74, 6) is -0.0508. The number of anilines is 1.